The minimum atomic E-state index is -0.719. The summed E-state index contributed by atoms with van der Waals surface area (Å²) in [6, 6.07) is 23.2. The molecule has 0 bridgehead atoms. The fourth-order valence-corrected chi connectivity index (χ4v) is 6.81. The van der Waals surface area contributed by atoms with E-state index in [0.717, 1.165) is 38.8 Å². The van der Waals surface area contributed by atoms with E-state index in [-0.39, 0.29) is 142 Å². The molecule has 12 heteroatoms. The van der Waals surface area contributed by atoms with E-state index >= 15 is 0 Å². The lowest BCUT2D eigenvalue weighted by atomic mass is 9.95. The number of hydrogen-bond donors (Lipinski definition) is 1. The van der Waals surface area contributed by atoms with Crippen LogP contribution in [0.3, 0.4) is 0 Å². The number of hydrogen-bond acceptors (Lipinski definition) is 12. The molecule has 12 nitrogen and oxygen atoms in total. The molecule has 396 valence electrons. The Morgan fingerprint density at radius 2 is 1.01 bits per heavy atom. The fourth-order valence-electron chi connectivity index (χ4n) is 6.81. The molecule has 0 saturated carbocycles. The molecule has 9 rings (SSSR count). The first-order chi connectivity index (χ1) is 25.8. The van der Waals surface area contributed by atoms with Crippen LogP contribution in [0.15, 0.2) is 100 Å². The maximum atomic E-state index is 12.6. The summed E-state index contributed by atoms with van der Waals surface area (Å²) in [6.45, 7) is 9.54. The van der Waals surface area contributed by atoms with E-state index in [1.54, 1.807) is 42.5 Å². The van der Waals surface area contributed by atoms with Crippen molar-refractivity contribution in [2.24, 2.45) is 0 Å². The van der Waals surface area contributed by atoms with Crippen molar-refractivity contribution in [3.8, 4) is 11.8 Å². The minimum Gasteiger partial charge on any atom is -0.506 e. The average Bonchev–Trinajstić information content (AvgIpc) is 3.46. The lowest BCUT2D eigenvalue weighted by Gasteiger charge is -2.13. The van der Waals surface area contributed by atoms with Crippen LogP contribution < -0.4 is 16.9 Å². The van der Waals surface area contributed by atoms with Crippen molar-refractivity contribution in [2.45, 2.75) is 160 Å². The summed E-state index contributed by atoms with van der Waals surface area (Å²) >= 11 is 0. The lowest BCUT2D eigenvalue weighted by Crippen LogP contribution is -2.07. The molecule has 1 aliphatic rings. The fraction of sp³-hybridized carbons (Fsp3) is 0.379. The number of benzene rings is 5. The number of nitrogens with zero attached hydrogens (tertiary/aromatic N) is 1. The van der Waals surface area contributed by atoms with E-state index in [4.69, 9.17) is 32.8 Å². The molecule has 0 saturated heterocycles. The maximum Gasteiger partial charge on any atom is 0.373 e. The number of phenols is 1. The molecule has 8 aromatic rings. The molecule has 0 spiro atoms. The zero-order chi connectivity index (χ0) is 39.0. The number of rotatable bonds is 0. The summed E-state index contributed by atoms with van der Waals surface area (Å²) < 4.78 is 21.0. The van der Waals surface area contributed by atoms with Crippen molar-refractivity contribution in [1.82, 2.24) is 0 Å². The Balaban J connectivity index is -0.0000000764. The highest BCUT2D eigenvalue weighted by Crippen LogP contribution is 2.42. The third-order valence-electron chi connectivity index (χ3n) is 9.03. The number of carbonyl (C=O) groups is 1. The van der Waals surface area contributed by atoms with Gasteiger partial charge in [-0.15, -0.1) is 0 Å². The first-order valence-electron chi connectivity index (χ1n) is 16.4. The van der Waals surface area contributed by atoms with Crippen LogP contribution in [0.4, 0.5) is 0 Å². The number of ether oxygens (including phenoxy) is 1. The van der Waals surface area contributed by atoms with Crippen LogP contribution in [0.1, 0.15) is 169 Å². The zero-order valence-corrected chi connectivity index (χ0v) is 29.5. The summed E-state index contributed by atoms with van der Waals surface area (Å²) in [5, 5.41) is 22.9. The van der Waals surface area contributed by atoms with Crippen LogP contribution in [0, 0.1) is 45.9 Å². The van der Waals surface area contributed by atoms with Crippen molar-refractivity contribution < 1.29 is 37.5 Å². The monoisotopic (exact) mass is 980 g/mol. The predicted molar refractivity (Wildman–Crippen MR) is 305 cm³/mol. The van der Waals surface area contributed by atoms with Gasteiger partial charge in [-0.05, 0) is 92.8 Å². The summed E-state index contributed by atoms with van der Waals surface area (Å²) in [6.07, 6.45) is -0.469. The molecule has 4 heterocycles. The first-order valence-corrected chi connectivity index (χ1v) is 16.4. The topological polar surface area (TPSA) is 195 Å². The Labute approximate surface area is 422 Å². The number of aromatic hydroxyl groups is 1. The van der Waals surface area contributed by atoms with Crippen LogP contribution >= 0.6 is 0 Å². The van der Waals surface area contributed by atoms with Gasteiger partial charge < -0.3 is 23.1 Å². The molecule has 1 unspecified atom stereocenters. The van der Waals surface area contributed by atoms with Gasteiger partial charge in [0.1, 0.15) is 34.0 Å². The second-order valence-corrected chi connectivity index (χ2v) is 12.7. The summed E-state index contributed by atoms with van der Waals surface area (Å²) in [5.41, 5.74) is 5.89. The van der Waals surface area contributed by atoms with Crippen molar-refractivity contribution >= 4 is 66.6 Å². The number of phenolic OH excluding ortho intramolecular Hbond substituents is 1. The number of nitriles is 1. The maximum absolute atomic E-state index is 12.6. The number of fused-ring (bicyclic) bond motifs is 4. The van der Waals surface area contributed by atoms with Crippen molar-refractivity contribution in [2.75, 3.05) is 0 Å². The van der Waals surface area contributed by atoms with Gasteiger partial charge in [-0.25, -0.2) is 19.2 Å². The Kier molecular flexibility index (Phi) is 45.6. The van der Waals surface area contributed by atoms with Crippen molar-refractivity contribution in [1.29, 1.82) is 5.26 Å². The molecule has 70 heavy (non-hydrogen) atoms. The molecule has 1 aliphatic heterocycles. The molecule has 0 aliphatic carbocycles. The number of carbonyl (C=O) groups excluding carboxylic acids is 3. The summed E-state index contributed by atoms with van der Waals surface area (Å²) in [4.78, 5) is 63.5. The van der Waals surface area contributed by atoms with Crippen LogP contribution in [0.2, 0.25) is 0 Å². The molecule has 0 radical (unpaired) electrons. The van der Waals surface area contributed by atoms with E-state index in [1.165, 1.54) is 6.07 Å². The lowest BCUT2D eigenvalue weighted by molar-refractivity contribution is -0.191. The molecule has 0 amide bonds. The first kappa shape index (κ1) is 89.3. The molecular formula is C58H93NO11. The molecule has 3 aromatic heterocycles. The van der Waals surface area contributed by atoms with Gasteiger partial charge in [0, 0.05) is 38.6 Å². The number of cyclic esters (lactones) is 1. The van der Waals surface area contributed by atoms with Crippen molar-refractivity contribution in [3.63, 3.8) is 0 Å². The smallest absolute Gasteiger partial charge is 0.373 e. The van der Waals surface area contributed by atoms with Crippen LogP contribution in [-0.2, 0) is 14.3 Å². The van der Waals surface area contributed by atoms with E-state index < -0.39 is 23.3 Å². The van der Waals surface area contributed by atoms with E-state index in [2.05, 4.69) is 6.07 Å². The van der Waals surface area contributed by atoms with Gasteiger partial charge >= 0.3 is 29.0 Å². The second-order valence-electron chi connectivity index (χ2n) is 12.7. The largest absolute Gasteiger partial charge is 0.506 e. The van der Waals surface area contributed by atoms with Gasteiger partial charge in [-0.3, -0.25) is 0 Å². The van der Waals surface area contributed by atoms with Gasteiger partial charge in [0.25, 0.3) is 0 Å². The molecule has 1 N–H and O–H groups in total. The summed E-state index contributed by atoms with van der Waals surface area (Å²) in [5.74, 6) is -0.553. The minimum absolute atomic E-state index is 0. The quantitative estimate of drug-likeness (QED) is 0.0654. The number of esters is 1. The number of aryl methyl sites for hydroxylation is 5. The van der Waals surface area contributed by atoms with Gasteiger partial charge in [-0.2, -0.15) is 14.9 Å². The Bertz CT molecular complexity index is 3070. The molecule has 0 fully saturated rings. The van der Waals surface area contributed by atoms with Crippen LogP contribution in [0.25, 0.3) is 54.5 Å². The zero-order valence-electron chi connectivity index (χ0n) is 29.5. The Morgan fingerprint density at radius 3 is 1.57 bits per heavy atom. The normalized spacial score (nSPS) is 9.94. The van der Waals surface area contributed by atoms with Crippen molar-refractivity contribution in [3.05, 3.63) is 143 Å². The highest BCUT2D eigenvalue weighted by Gasteiger charge is 2.32. The molecule has 5 aromatic carbocycles. The highest BCUT2D eigenvalue weighted by molar-refractivity contribution is 6.28. The predicted octanol–water partition coefficient (Wildman–Crippen LogP) is 17.7. The van der Waals surface area contributed by atoms with Crippen LogP contribution in [0.5, 0.6) is 5.75 Å². The molecular weight excluding hydrogens is 887 g/mol. The second kappa shape index (κ2) is 35.7. The van der Waals surface area contributed by atoms with Gasteiger partial charge in [0.15, 0.2) is 0 Å². The molecule has 1 atom stereocenters. The average molecular weight is 980 g/mol. The van der Waals surface area contributed by atoms with E-state index in [9.17, 15) is 24.3 Å². The van der Waals surface area contributed by atoms with Gasteiger partial charge in [0.2, 0.25) is 6.10 Å². The third-order valence-corrected chi connectivity index (χ3v) is 9.03. The van der Waals surface area contributed by atoms with Crippen LogP contribution in [-0.4, -0.2) is 17.2 Å². The van der Waals surface area contributed by atoms with E-state index in [0.29, 0.717) is 49.2 Å². The van der Waals surface area contributed by atoms with Gasteiger partial charge in [-0.1, -0.05) is 155 Å². The van der Waals surface area contributed by atoms with E-state index in [1.807, 2.05) is 58.9 Å². The Morgan fingerprint density at radius 1 is 0.500 bits per heavy atom. The SMILES string of the molecule is C.C.C.C.C.C.C.C.C.C.C.C.C.C.C.C.Cc1cc(C)c2ccc(=O)oc2c1.Cc1cc2oc(=O)c3c(O)c4cccc(C)c4c4oc(=O)c(c1)c2c34.Cc1cccc2c1C(C#N)OC2=O.O=C=O. The highest BCUT2D eigenvalue weighted by atomic mass is 16.5. The standard InChI is InChI=1S/C20H12O5.C11H10O2.C10H7NO2.CO2.16CH4/c1-8-6-11-14-12(7-8)24-20(23)16-15(14)18(25-19(11)22)13-9(2)4-3-5-10(13)17(16)21;1-7-5-8(2)9-3-4-11(12)13-10(9)6-7;1-6-3-2-4-7-9(6)8(5-11)13-10(7)12;2-1-3;;;;;;;;;;;;;;;;/h3-7,21H,1-2H3;3-6H,1-2H3;2-4,8H,1H3;;16*1H4. The van der Waals surface area contributed by atoms with Gasteiger partial charge in [0.05, 0.1) is 10.9 Å². The third kappa shape index (κ3) is 16.1. The summed E-state index contributed by atoms with van der Waals surface area (Å²) in [7, 11) is 0. The Hall–Kier alpha value is -7.35.